The summed E-state index contributed by atoms with van der Waals surface area (Å²) in [6.45, 7) is 3.77. The van der Waals surface area contributed by atoms with Crippen molar-refractivity contribution in [2.24, 2.45) is 0 Å². The van der Waals surface area contributed by atoms with Gasteiger partial charge in [0.25, 0.3) is 0 Å². The Hall–Kier alpha value is -0.720. The number of rotatable bonds is 6. The second-order valence-electron chi connectivity index (χ2n) is 5.55. The molecule has 1 aliphatic rings. The van der Waals surface area contributed by atoms with Crippen LogP contribution in [0.25, 0.3) is 0 Å². The number of alkyl halides is 3. The smallest absolute Gasteiger partial charge is 0.392 e. The molecule has 0 radical (unpaired) electrons. The Labute approximate surface area is 127 Å². The second-order valence-corrected chi connectivity index (χ2v) is 6.97. The van der Waals surface area contributed by atoms with Gasteiger partial charge in [-0.2, -0.15) is 13.2 Å². The molecule has 1 aliphatic carbocycles. The molecule has 0 aliphatic heterocycles. The molecule has 6 heteroatoms. The van der Waals surface area contributed by atoms with E-state index in [0.717, 1.165) is 24.6 Å². The van der Waals surface area contributed by atoms with Crippen LogP contribution >= 0.6 is 11.8 Å². The van der Waals surface area contributed by atoms with E-state index in [9.17, 15) is 18.3 Å². The normalized spacial score (nSPS) is 18.6. The van der Waals surface area contributed by atoms with Crippen LogP contribution < -0.4 is 5.32 Å². The summed E-state index contributed by atoms with van der Waals surface area (Å²) in [5, 5.41) is 12.4. The summed E-state index contributed by atoms with van der Waals surface area (Å²) in [5.74, 6) is 0. The van der Waals surface area contributed by atoms with E-state index in [1.807, 2.05) is 0 Å². The van der Waals surface area contributed by atoms with Crippen molar-refractivity contribution in [3.05, 3.63) is 29.3 Å². The van der Waals surface area contributed by atoms with Crippen LogP contribution in [0, 0.1) is 0 Å². The molecule has 0 amide bonds. The van der Waals surface area contributed by atoms with Gasteiger partial charge in [-0.15, -0.1) is 11.8 Å². The zero-order valence-corrected chi connectivity index (χ0v) is 12.9. The molecule has 118 valence electrons. The molecule has 0 aromatic heterocycles. The van der Waals surface area contributed by atoms with Crippen molar-refractivity contribution in [2.45, 2.75) is 61.7 Å². The topological polar surface area (TPSA) is 32.3 Å². The first-order chi connectivity index (χ1) is 9.77. The minimum absolute atomic E-state index is 0.172. The Balaban J connectivity index is 2.18. The number of hydrogen-bond donors (Lipinski definition) is 2. The number of thioether (sulfide) groups is 1. The zero-order valence-electron chi connectivity index (χ0n) is 12.1. The van der Waals surface area contributed by atoms with Gasteiger partial charge in [0, 0.05) is 22.7 Å². The third-order valence-corrected chi connectivity index (χ3v) is 4.89. The summed E-state index contributed by atoms with van der Waals surface area (Å²) in [6, 6.07) is 4.91. The molecule has 0 saturated heterocycles. The molecule has 1 saturated carbocycles. The molecule has 0 bridgehead atoms. The minimum atomic E-state index is -4.38. The van der Waals surface area contributed by atoms with Crippen molar-refractivity contribution < 1.29 is 18.3 Å². The van der Waals surface area contributed by atoms with Crippen LogP contribution in [0.3, 0.4) is 0 Å². The van der Waals surface area contributed by atoms with Crippen molar-refractivity contribution in [1.29, 1.82) is 0 Å². The summed E-state index contributed by atoms with van der Waals surface area (Å²) >= 11 is 1.06. The Bertz CT molecular complexity index is 486. The van der Waals surface area contributed by atoms with E-state index in [-0.39, 0.29) is 10.1 Å². The lowest BCUT2D eigenvalue weighted by atomic mass is 10.1. The van der Waals surface area contributed by atoms with Crippen LogP contribution in [0.15, 0.2) is 23.1 Å². The van der Waals surface area contributed by atoms with E-state index in [1.54, 1.807) is 19.9 Å². The minimum Gasteiger partial charge on any atom is -0.392 e. The van der Waals surface area contributed by atoms with Gasteiger partial charge in [-0.3, -0.25) is 0 Å². The lowest BCUT2D eigenvalue weighted by molar-refractivity contribution is -0.139. The lowest BCUT2D eigenvalue weighted by Crippen LogP contribution is -2.18. The molecule has 1 aromatic carbocycles. The molecule has 0 heterocycles. The highest BCUT2D eigenvalue weighted by atomic mass is 32.2. The maximum Gasteiger partial charge on any atom is 0.417 e. The predicted molar refractivity (Wildman–Crippen MR) is 78.3 cm³/mol. The van der Waals surface area contributed by atoms with Gasteiger partial charge in [-0.05, 0) is 37.5 Å². The molecular weight excluding hydrogens is 299 g/mol. The number of hydrogen-bond acceptors (Lipinski definition) is 3. The second kappa shape index (κ2) is 6.58. The molecule has 21 heavy (non-hydrogen) atoms. The third kappa shape index (κ3) is 4.90. The summed E-state index contributed by atoms with van der Waals surface area (Å²) in [7, 11) is 0. The molecule has 2 rings (SSSR count). The van der Waals surface area contributed by atoms with E-state index in [0.29, 0.717) is 18.2 Å². The molecular formula is C15H20F3NOS. The molecule has 2 unspecified atom stereocenters. The fourth-order valence-electron chi connectivity index (χ4n) is 1.86. The highest BCUT2D eigenvalue weighted by Gasteiger charge is 2.34. The van der Waals surface area contributed by atoms with Gasteiger partial charge in [0.1, 0.15) is 0 Å². The van der Waals surface area contributed by atoms with Crippen LogP contribution in [0.4, 0.5) is 13.2 Å². The number of benzene rings is 1. The zero-order chi connectivity index (χ0) is 15.6. The molecule has 2 nitrogen and oxygen atoms in total. The van der Waals surface area contributed by atoms with Crippen molar-refractivity contribution >= 4 is 11.8 Å². The largest absolute Gasteiger partial charge is 0.417 e. The summed E-state index contributed by atoms with van der Waals surface area (Å²) in [6.07, 6.45) is -2.83. The van der Waals surface area contributed by atoms with Crippen molar-refractivity contribution in [2.75, 3.05) is 0 Å². The number of aliphatic hydroxyl groups is 1. The average Bonchev–Trinajstić information content (AvgIpc) is 3.20. The molecule has 2 atom stereocenters. The standard InChI is InChI=1S/C15H20F3NOS/c1-9(20)10(2)21-14-6-3-11(8-19-12-4-5-12)7-13(14)15(16,17)18/h3,6-7,9-10,12,19-20H,4-5,8H2,1-2H3. The maximum absolute atomic E-state index is 13.2. The summed E-state index contributed by atoms with van der Waals surface area (Å²) < 4.78 is 39.6. The molecule has 0 spiro atoms. The monoisotopic (exact) mass is 319 g/mol. The number of nitrogens with one attached hydrogen (secondary N) is 1. The molecule has 1 fully saturated rings. The van der Waals surface area contributed by atoms with Crippen molar-refractivity contribution in [3.8, 4) is 0 Å². The fourth-order valence-corrected chi connectivity index (χ4v) is 2.91. The molecule has 2 N–H and O–H groups in total. The lowest BCUT2D eigenvalue weighted by Gasteiger charge is -2.19. The van der Waals surface area contributed by atoms with E-state index < -0.39 is 17.8 Å². The van der Waals surface area contributed by atoms with Gasteiger partial charge in [0.05, 0.1) is 11.7 Å². The van der Waals surface area contributed by atoms with E-state index in [2.05, 4.69) is 5.32 Å². The summed E-state index contributed by atoms with van der Waals surface area (Å²) in [4.78, 5) is 0.172. The van der Waals surface area contributed by atoms with Gasteiger partial charge < -0.3 is 10.4 Å². The van der Waals surface area contributed by atoms with Crippen LogP contribution in [-0.4, -0.2) is 22.5 Å². The summed E-state index contributed by atoms with van der Waals surface area (Å²) in [5.41, 5.74) is 0.0263. The molecule has 1 aromatic rings. The Morgan fingerprint density at radius 2 is 2.00 bits per heavy atom. The fraction of sp³-hybridized carbons (Fsp3) is 0.600. The first-order valence-corrected chi connectivity index (χ1v) is 7.93. The highest BCUT2D eigenvalue weighted by molar-refractivity contribution is 8.00. The number of halogens is 3. The van der Waals surface area contributed by atoms with Crippen LogP contribution in [0.5, 0.6) is 0 Å². The van der Waals surface area contributed by atoms with Gasteiger partial charge >= 0.3 is 6.18 Å². The first-order valence-electron chi connectivity index (χ1n) is 7.05. The average molecular weight is 319 g/mol. The van der Waals surface area contributed by atoms with Crippen LogP contribution in [0.1, 0.15) is 37.8 Å². The Kier molecular flexibility index (Phi) is 5.22. The van der Waals surface area contributed by atoms with Gasteiger partial charge in [-0.25, -0.2) is 0 Å². The van der Waals surface area contributed by atoms with Gasteiger partial charge in [-0.1, -0.05) is 13.0 Å². The van der Waals surface area contributed by atoms with Crippen molar-refractivity contribution in [3.63, 3.8) is 0 Å². The quantitative estimate of drug-likeness (QED) is 0.782. The third-order valence-electron chi connectivity index (χ3n) is 3.51. The first kappa shape index (κ1) is 16.6. The predicted octanol–water partition coefficient (Wildman–Crippen LogP) is 3.82. The van der Waals surface area contributed by atoms with Crippen LogP contribution in [-0.2, 0) is 12.7 Å². The van der Waals surface area contributed by atoms with Crippen molar-refractivity contribution in [1.82, 2.24) is 5.32 Å². The number of aliphatic hydroxyl groups excluding tert-OH is 1. The van der Waals surface area contributed by atoms with E-state index >= 15 is 0 Å². The van der Waals surface area contributed by atoms with Gasteiger partial charge in [0.15, 0.2) is 0 Å². The Morgan fingerprint density at radius 1 is 1.33 bits per heavy atom. The SMILES string of the molecule is CC(O)C(C)Sc1ccc(CNC2CC2)cc1C(F)(F)F. The van der Waals surface area contributed by atoms with Crippen LogP contribution in [0.2, 0.25) is 0 Å². The van der Waals surface area contributed by atoms with E-state index in [1.165, 1.54) is 12.1 Å². The van der Waals surface area contributed by atoms with Gasteiger partial charge in [0.2, 0.25) is 0 Å². The maximum atomic E-state index is 13.2. The highest BCUT2D eigenvalue weighted by Crippen LogP contribution is 2.39. The Morgan fingerprint density at radius 3 is 2.52 bits per heavy atom. The van der Waals surface area contributed by atoms with E-state index in [4.69, 9.17) is 0 Å².